The number of benzene rings is 1. The van der Waals surface area contributed by atoms with Gasteiger partial charge in [-0.05, 0) is 42.7 Å². The number of aromatic nitrogens is 3. The first kappa shape index (κ1) is 13.3. The second-order valence-electron chi connectivity index (χ2n) is 4.25. The van der Waals surface area contributed by atoms with E-state index in [0.29, 0.717) is 22.2 Å². The molecule has 0 saturated heterocycles. The molecule has 0 amide bonds. The molecule has 0 bridgehead atoms. The van der Waals surface area contributed by atoms with Crippen LogP contribution in [0.15, 0.2) is 47.8 Å². The van der Waals surface area contributed by atoms with Crippen molar-refractivity contribution >= 4 is 34.3 Å². The van der Waals surface area contributed by atoms with Gasteiger partial charge in [0.25, 0.3) is 0 Å². The molecule has 3 rings (SSSR count). The van der Waals surface area contributed by atoms with Crippen molar-refractivity contribution in [1.29, 1.82) is 5.26 Å². The number of anilines is 2. The molecule has 0 fully saturated rings. The molecule has 3 aromatic rings. The van der Waals surface area contributed by atoms with Crippen LogP contribution in [0.25, 0.3) is 11.0 Å². The van der Waals surface area contributed by atoms with Crippen LogP contribution in [0.1, 0.15) is 5.56 Å². The summed E-state index contributed by atoms with van der Waals surface area (Å²) in [5.74, 6) is 0.710. The van der Waals surface area contributed by atoms with Crippen molar-refractivity contribution in [3.8, 4) is 6.07 Å². The number of pyridine rings is 1. The number of fused-ring (bicyclic) bond motifs is 1. The number of nitriles is 1. The molecule has 2 heterocycles. The van der Waals surface area contributed by atoms with Crippen molar-refractivity contribution in [2.24, 2.45) is 0 Å². The first-order chi connectivity index (χ1) is 10.3. The second-order valence-corrected chi connectivity index (χ2v) is 5.02. The van der Waals surface area contributed by atoms with Crippen molar-refractivity contribution in [2.45, 2.75) is 5.16 Å². The maximum atomic E-state index is 8.83. The van der Waals surface area contributed by atoms with E-state index in [2.05, 4.69) is 26.3 Å². The van der Waals surface area contributed by atoms with E-state index in [1.165, 1.54) is 11.8 Å². The van der Waals surface area contributed by atoms with Crippen LogP contribution in [0, 0.1) is 11.3 Å². The summed E-state index contributed by atoms with van der Waals surface area (Å²) in [6, 6.07) is 13.1. The van der Waals surface area contributed by atoms with Crippen LogP contribution >= 0.6 is 11.8 Å². The average molecular weight is 293 g/mol. The summed E-state index contributed by atoms with van der Waals surface area (Å²) in [6.07, 6.45) is 3.64. The highest BCUT2D eigenvalue weighted by Crippen LogP contribution is 2.25. The summed E-state index contributed by atoms with van der Waals surface area (Å²) in [6.45, 7) is 0. The summed E-state index contributed by atoms with van der Waals surface area (Å²) < 4.78 is 0. The van der Waals surface area contributed by atoms with Crippen LogP contribution in [0.5, 0.6) is 0 Å². The highest BCUT2D eigenvalue weighted by molar-refractivity contribution is 7.98. The Morgan fingerprint density at radius 1 is 1.14 bits per heavy atom. The molecule has 0 aliphatic rings. The van der Waals surface area contributed by atoms with Crippen LogP contribution in [-0.4, -0.2) is 21.2 Å². The Labute approximate surface area is 126 Å². The molecule has 6 heteroatoms. The molecule has 5 nitrogen and oxygen atoms in total. The molecule has 0 atom stereocenters. The van der Waals surface area contributed by atoms with Gasteiger partial charge in [0.05, 0.1) is 17.0 Å². The van der Waals surface area contributed by atoms with E-state index in [1.54, 1.807) is 18.3 Å². The van der Waals surface area contributed by atoms with Gasteiger partial charge in [0, 0.05) is 11.9 Å². The minimum absolute atomic E-state index is 0.625. The Hall–Kier alpha value is -2.65. The first-order valence-electron chi connectivity index (χ1n) is 6.24. The summed E-state index contributed by atoms with van der Waals surface area (Å²) >= 11 is 1.47. The molecule has 21 heavy (non-hydrogen) atoms. The largest absolute Gasteiger partial charge is 0.340 e. The van der Waals surface area contributed by atoms with E-state index < -0.39 is 0 Å². The predicted octanol–water partition coefficient (Wildman–Crippen LogP) is 3.36. The van der Waals surface area contributed by atoms with Crippen molar-refractivity contribution in [3.05, 3.63) is 48.2 Å². The second kappa shape index (κ2) is 5.77. The number of thioether (sulfide) groups is 1. The molecule has 0 aliphatic carbocycles. The fourth-order valence-corrected chi connectivity index (χ4v) is 2.25. The van der Waals surface area contributed by atoms with Gasteiger partial charge in [-0.1, -0.05) is 11.8 Å². The summed E-state index contributed by atoms with van der Waals surface area (Å²) in [5.41, 5.74) is 2.15. The molecule has 1 aromatic carbocycles. The molecular weight excluding hydrogens is 282 g/mol. The SMILES string of the molecule is CSc1nc(Nc2ccc(C#N)cc2)c2cccnc2n1. The minimum Gasteiger partial charge on any atom is -0.340 e. The van der Waals surface area contributed by atoms with E-state index >= 15 is 0 Å². The van der Waals surface area contributed by atoms with E-state index in [0.717, 1.165) is 11.1 Å². The van der Waals surface area contributed by atoms with Gasteiger partial charge >= 0.3 is 0 Å². The lowest BCUT2D eigenvalue weighted by molar-refractivity contribution is 0.996. The van der Waals surface area contributed by atoms with Crippen molar-refractivity contribution in [2.75, 3.05) is 11.6 Å². The third-order valence-corrected chi connectivity index (χ3v) is 3.46. The van der Waals surface area contributed by atoms with Crippen molar-refractivity contribution in [1.82, 2.24) is 15.0 Å². The number of nitrogens with zero attached hydrogens (tertiary/aromatic N) is 4. The monoisotopic (exact) mass is 293 g/mol. The highest BCUT2D eigenvalue weighted by Gasteiger charge is 2.08. The molecule has 0 spiro atoms. The van der Waals surface area contributed by atoms with Gasteiger partial charge in [0.2, 0.25) is 0 Å². The van der Waals surface area contributed by atoms with Gasteiger partial charge in [-0.25, -0.2) is 15.0 Å². The summed E-state index contributed by atoms with van der Waals surface area (Å²) in [5, 5.41) is 13.6. The van der Waals surface area contributed by atoms with E-state index in [1.807, 2.05) is 30.5 Å². The van der Waals surface area contributed by atoms with E-state index in [-0.39, 0.29) is 0 Å². The number of hydrogen-bond acceptors (Lipinski definition) is 6. The average Bonchev–Trinajstić information content (AvgIpc) is 2.55. The van der Waals surface area contributed by atoms with Crippen LogP contribution in [0.3, 0.4) is 0 Å². The zero-order valence-electron chi connectivity index (χ0n) is 11.2. The fourth-order valence-electron chi connectivity index (χ4n) is 1.89. The topological polar surface area (TPSA) is 74.5 Å². The molecular formula is C15H11N5S. The molecule has 0 saturated carbocycles. The first-order valence-corrected chi connectivity index (χ1v) is 7.46. The smallest absolute Gasteiger partial charge is 0.191 e. The molecule has 1 N–H and O–H groups in total. The van der Waals surface area contributed by atoms with Gasteiger partial charge in [0.1, 0.15) is 5.82 Å². The zero-order valence-corrected chi connectivity index (χ0v) is 12.1. The Bertz CT molecular complexity index is 824. The Kier molecular flexibility index (Phi) is 3.67. The highest BCUT2D eigenvalue weighted by atomic mass is 32.2. The fraction of sp³-hybridized carbons (Fsp3) is 0.0667. The minimum atomic E-state index is 0.625. The van der Waals surface area contributed by atoms with Crippen LogP contribution in [-0.2, 0) is 0 Å². The van der Waals surface area contributed by atoms with Crippen LogP contribution in [0.2, 0.25) is 0 Å². The van der Waals surface area contributed by atoms with Crippen LogP contribution in [0.4, 0.5) is 11.5 Å². The lowest BCUT2D eigenvalue weighted by atomic mass is 10.2. The van der Waals surface area contributed by atoms with Gasteiger partial charge in [0.15, 0.2) is 10.8 Å². The molecule has 2 aromatic heterocycles. The van der Waals surface area contributed by atoms with Crippen molar-refractivity contribution in [3.63, 3.8) is 0 Å². The molecule has 0 aliphatic heterocycles. The van der Waals surface area contributed by atoms with Gasteiger partial charge < -0.3 is 5.32 Å². The molecule has 0 radical (unpaired) electrons. The summed E-state index contributed by atoms with van der Waals surface area (Å²) in [4.78, 5) is 13.1. The Morgan fingerprint density at radius 2 is 1.95 bits per heavy atom. The standard InChI is InChI=1S/C15H11N5S/c1-21-15-19-13-12(3-2-8-17-13)14(20-15)18-11-6-4-10(9-16)5-7-11/h2-8H,1H3,(H,17,18,19,20). The lowest BCUT2D eigenvalue weighted by Gasteiger charge is -2.09. The number of hydrogen-bond donors (Lipinski definition) is 1. The zero-order chi connectivity index (χ0) is 14.7. The third-order valence-electron chi connectivity index (χ3n) is 2.91. The number of nitrogens with one attached hydrogen (secondary N) is 1. The lowest BCUT2D eigenvalue weighted by Crippen LogP contribution is -1.99. The van der Waals surface area contributed by atoms with Gasteiger partial charge in [-0.3, -0.25) is 0 Å². The summed E-state index contributed by atoms with van der Waals surface area (Å²) in [7, 11) is 0. The normalized spacial score (nSPS) is 10.3. The quantitative estimate of drug-likeness (QED) is 0.589. The molecule has 0 unspecified atom stereocenters. The van der Waals surface area contributed by atoms with Crippen LogP contribution < -0.4 is 5.32 Å². The predicted molar refractivity (Wildman–Crippen MR) is 83.6 cm³/mol. The number of rotatable bonds is 3. The van der Waals surface area contributed by atoms with E-state index in [4.69, 9.17) is 5.26 Å². The Morgan fingerprint density at radius 3 is 2.67 bits per heavy atom. The maximum absolute atomic E-state index is 8.83. The van der Waals surface area contributed by atoms with Gasteiger partial charge in [-0.15, -0.1) is 0 Å². The molecule has 102 valence electrons. The maximum Gasteiger partial charge on any atom is 0.191 e. The van der Waals surface area contributed by atoms with E-state index in [9.17, 15) is 0 Å². The van der Waals surface area contributed by atoms with Gasteiger partial charge in [-0.2, -0.15) is 5.26 Å². The van der Waals surface area contributed by atoms with Crippen molar-refractivity contribution < 1.29 is 0 Å². The third kappa shape index (κ3) is 2.78. The Balaban J connectivity index is 2.04.